The molecular formula is C15H22ClFN2O2S. The lowest BCUT2D eigenvalue weighted by molar-refractivity contribution is 0.413. The second kappa shape index (κ2) is 7.25. The summed E-state index contributed by atoms with van der Waals surface area (Å²) in [6.07, 6.45) is 2.80. The van der Waals surface area contributed by atoms with E-state index in [2.05, 4.69) is 5.32 Å². The summed E-state index contributed by atoms with van der Waals surface area (Å²) in [6, 6.07) is 4.89. The Morgan fingerprint density at radius 2 is 2.23 bits per heavy atom. The molecular weight excluding hydrogens is 327 g/mol. The summed E-state index contributed by atoms with van der Waals surface area (Å²) in [5.74, 6) is -0.126. The molecule has 0 saturated carbocycles. The Labute approximate surface area is 136 Å². The van der Waals surface area contributed by atoms with Gasteiger partial charge in [-0.3, -0.25) is 0 Å². The SMILES string of the molecule is CCC(NCC1CCN(S(C)(=O)=O)C1)c1cccc(Cl)c1F. The molecule has 7 heteroatoms. The molecule has 1 fully saturated rings. The van der Waals surface area contributed by atoms with Crippen molar-refractivity contribution < 1.29 is 12.8 Å². The first-order valence-electron chi connectivity index (χ1n) is 7.45. The van der Waals surface area contributed by atoms with Crippen LogP contribution in [0.25, 0.3) is 0 Å². The number of rotatable bonds is 6. The van der Waals surface area contributed by atoms with Crippen LogP contribution in [0.1, 0.15) is 31.4 Å². The van der Waals surface area contributed by atoms with Crippen LogP contribution >= 0.6 is 11.6 Å². The zero-order valence-electron chi connectivity index (χ0n) is 12.9. The Morgan fingerprint density at radius 1 is 1.50 bits per heavy atom. The van der Waals surface area contributed by atoms with Crippen molar-refractivity contribution in [3.05, 3.63) is 34.6 Å². The topological polar surface area (TPSA) is 49.4 Å². The van der Waals surface area contributed by atoms with Gasteiger partial charge in [-0.05, 0) is 31.4 Å². The van der Waals surface area contributed by atoms with Crippen LogP contribution in [-0.2, 0) is 10.0 Å². The Hall–Kier alpha value is -0.690. The Kier molecular flexibility index (Phi) is 5.82. The van der Waals surface area contributed by atoms with Crippen molar-refractivity contribution in [3.8, 4) is 0 Å². The summed E-state index contributed by atoms with van der Waals surface area (Å²) in [7, 11) is -3.12. The third-order valence-corrected chi connectivity index (χ3v) is 5.70. The molecule has 1 aromatic rings. The molecule has 0 amide bonds. The number of nitrogens with zero attached hydrogens (tertiary/aromatic N) is 1. The van der Waals surface area contributed by atoms with Crippen LogP contribution in [-0.4, -0.2) is 38.6 Å². The van der Waals surface area contributed by atoms with E-state index in [1.807, 2.05) is 6.92 Å². The summed E-state index contributed by atoms with van der Waals surface area (Å²) in [5, 5.41) is 3.47. The predicted octanol–water partition coefficient (Wildman–Crippen LogP) is 2.80. The van der Waals surface area contributed by atoms with Crippen LogP contribution in [0.2, 0.25) is 5.02 Å². The van der Waals surface area contributed by atoms with Crippen molar-refractivity contribution in [3.63, 3.8) is 0 Å². The number of hydrogen-bond acceptors (Lipinski definition) is 3. The molecule has 0 bridgehead atoms. The molecule has 1 aromatic carbocycles. The van der Waals surface area contributed by atoms with Crippen molar-refractivity contribution in [2.24, 2.45) is 5.92 Å². The maximum absolute atomic E-state index is 14.1. The van der Waals surface area contributed by atoms with E-state index in [0.717, 1.165) is 12.8 Å². The Balaban J connectivity index is 1.97. The first kappa shape index (κ1) is 17.7. The first-order valence-corrected chi connectivity index (χ1v) is 9.68. The van der Waals surface area contributed by atoms with E-state index < -0.39 is 10.0 Å². The minimum atomic E-state index is -3.12. The van der Waals surface area contributed by atoms with Gasteiger partial charge in [0, 0.05) is 24.7 Å². The number of sulfonamides is 1. The van der Waals surface area contributed by atoms with Gasteiger partial charge in [0.25, 0.3) is 0 Å². The van der Waals surface area contributed by atoms with Gasteiger partial charge in [-0.1, -0.05) is 30.7 Å². The van der Waals surface area contributed by atoms with Gasteiger partial charge in [-0.25, -0.2) is 17.1 Å². The maximum atomic E-state index is 14.1. The van der Waals surface area contributed by atoms with Crippen molar-refractivity contribution in [1.82, 2.24) is 9.62 Å². The molecule has 1 aliphatic rings. The summed E-state index contributed by atoms with van der Waals surface area (Å²) in [6.45, 7) is 3.74. The van der Waals surface area contributed by atoms with Crippen LogP contribution in [0.4, 0.5) is 4.39 Å². The highest BCUT2D eigenvalue weighted by atomic mass is 35.5. The second-order valence-corrected chi connectivity index (χ2v) is 8.18. The fourth-order valence-corrected chi connectivity index (χ4v) is 3.94. The van der Waals surface area contributed by atoms with Crippen molar-refractivity contribution in [1.29, 1.82) is 0 Å². The van der Waals surface area contributed by atoms with Crippen LogP contribution < -0.4 is 5.32 Å². The van der Waals surface area contributed by atoms with Gasteiger partial charge in [-0.15, -0.1) is 0 Å². The van der Waals surface area contributed by atoms with E-state index in [1.54, 1.807) is 12.1 Å². The summed E-state index contributed by atoms with van der Waals surface area (Å²) >= 11 is 5.84. The molecule has 1 heterocycles. The average molecular weight is 349 g/mol. The lowest BCUT2D eigenvalue weighted by Gasteiger charge is -2.21. The zero-order valence-corrected chi connectivity index (χ0v) is 14.4. The largest absolute Gasteiger partial charge is 0.310 e. The molecule has 2 atom stereocenters. The van der Waals surface area contributed by atoms with E-state index >= 15 is 0 Å². The van der Waals surface area contributed by atoms with Gasteiger partial charge in [0.1, 0.15) is 5.82 Å². The number of benzene rings is 1. The number of hydrogen-bond donors (Lipinski definition) is 1. The number of halogens is 2. The number of nitrogens with one attached hydrogen (secondary N) is 1. The Bertz CT molecular complexity index is 624. The normalized spacial score (nSPS) is 21.2. The molecule has 0 aliphatic carbocycles. The highest BCUT2D eigenvalue weighted by Crippen LogP contribution is 2.26. The maximum Gasteiger partial charge on any atom is 0.211 e. The van der Waals surface area contributed by atoms with Crippen LogP contribution in [0.3, 0.4) is 0 Å². The van der Waals surface area contributed by atoms with Crippen LogP contribution in [0.5, 0.6) is 0 Å². The van der Waals surface area contributed by atoms with Gasteiger partial charge >= 0.3 is 0 Å². The van der Waals surface area contributed by atoms with Crippen molar-refractivity contribution in [2.75, 3.05) is 25.9 Å². The molecule has 1 saturated heterocycles. The van der Waals surface area contributed by atoms with E-state index in [4.69, 9.17) is 11.6 Å². The monoisotopic (exact) mass is 348 g/mol. The molecule has 1 N–H and O–H groups in total. The van der Waals surface area contributed by atoms with E-state index in [-0.39, 0.29) is 22.8 Å². The second-order valence-electron chi connectivity index (χ2n) is 5.79. The average Bonchev–Trinajstić information content (AvgIpc) is 2.93. The van der Waals surface area contributed by atoms with Gasteiger partial charge in [0.2, 0.25) is 10.0 Å². The third-order valence-electron chi connectivity index (χ3n) is 4.14. The van der Waals surface area contributed by atoms with Gasteiger partial charge < -0.3 is 5.32 Å². The molecule has 22 heavy (non-hydrogen) atoms. The summed E-state index contributed by atoms with van der Waals surface area (Å²) < 4.78 is 38.6. The minimum Gasteiger partial charge on any atom is -0.310 e. The third kappa shape index (κ3) is 4.19. The standard InChI is InChI=1S/C15H22ClFN2O2S/c1-3-14(12-5-4-6-13(16)15(12)17)18-9-11-7-8-19(10-11)22(2,20)21/h4-6,11,14,18H,3,7-10H2,1-2H3. The molecule has 2 rings (SSSR count). The van der Waals surface area contributed by atoms with Gasteiger partial charge in [-0.2, -0.15) is 0 Å². The fourth-order valence-electron chi connectivity index (χ4n) is 2.84. The zero-order chi connectivity index (χ0) is 16.3. The molecule has 0 radical (unpaired) electrons. The molecule has 0 aromatic heterocycles. The van der Waals surface area contributed by atoms with E-state index in [9.17, 15) is 12.8 Å². The Morgan fingerprint density at radius 3 is 2.82 bits per heavy atom. The van der Waals surface area contributed by atoms with E-state index in [0.29, 0.717) is 25.2 Å². The highest BCUT2D eigenvalue weighted by Gasteiger charge is 2.29. The molecule has 1 aliphatic heterocycles. The van der Waals surface area contributed by atoms with Gasteiger partial charge in [0.05, 0.1) is 11.3 Å². The van der Waals surface area contributed by atoms with E-state index in [1.165, 1.54) is 16.6 Å². The lowest BCUT2D eigenvalue weighted by atomic mass is 10.0. The highest BCUT2D eigenvalue weighted by molar-refractivity contribution is 7.88. The van der Waals surface area contributed by atoms with Crippen LogP contribution in [0.15, 0.2) is 18.2 Å². The lowest BCUT2D eigenvalue weighted by Crippen LogP contribution is -2.31. The molecule has 4 nitrogen and oxygen atoms in total. The molecule has 0 spiro atoms. The minimum absolute atomic E-state index is 0.119. The summed E-state index contributed by atoms with van der Waals surface area (Å²) in [5.41, 5.74) is 0.563. The van der Waals surface area contributed by atoms with Gasteiger partial charge in [0.15, 0.2) is 0 Å². The smallest absolute Gasteiger partial charge is 0.211 e. The summed E-state index contributed by atoms with van der Waals surface area (Å²) in [4.78, 5) is 0. The van der Waals surface area contributed by atoms with Crippen LogP contribution in [0, 0.1) is 11.7 Å². The predicted molar refractivity (Wildman–Crippen MR) is 87.0 cm³/mol. The first-order chi connectivity index (χ1) is 10.3. The quantitative estimate of drug-likeness (QED) is 0.860. The van der Waals surface area contributed by atoms with Crippen molar-refractivity contribution >= 4 is 21.6 Å². The molecule has 2 unspecified atom stereocenters. The fraction of sp³-hybridized carbons (Fsp3) is 0.600. The van der Waals surface area contributed by atoms with Crippen molar-refractivity contribution in [2.45, 2.75) is 25.8 Å². The molecule has 124 valence electrons.